The minimum absolute atomic E-state index is 0.0972. The normalized spacial score (nSPS) is 22.8. The molecule has 5 heteroatoms. The van der Waals surface area contributed by atoms with Crippen LogP contribution in [0.1, 0.15) is 51.4 Å². The molecule has 0 aromatic rings. The van der Waals surface area contributed by atoms with E-state index in [1.807, 2.05) is 0 Å². The van der Waals surface area contributed by atoms with E-state index in [-0.39, 0.29) is 11.9 Å². The summed E-state index contributed by atoms with van der Waals surface area (Å²) in [6, 6.07) is -0.910. The Morgan fingerprint density at radius 1 is 1.00 bits per heavy atom. The minimum Gasteiger partial charge on any atom is -0.480 e. The molecule has 2 fully saturated rings. The number of hydrogen-bond donors (Lipinski definition) is 2. The monoisotopic (exact) mass is 268 g/mol. The summed E-state index contributed by atoms with van der Waals surface area (Å²) >= 11 is 0. The van der Waals surface area contributed by atoms with Crippen molar-refractivity contribution in [2.45, 2.75) is 57.4 Å². The highest BCUT2D eigenvalue weighted by Gasteiger charge is 2.32. The Kier molecular flexibility index (Phi) is 5.05. The third-order valence-electron chi connectivity index (χ3n) is 4.31. The van der Waals surface area contributed by atoms with E-state index in [1.54, 1.807) is 4.90 Å². The fourth-order valence-electron chi connectivity index (χ4n) is 3.17. The van der Waals surface area contributed by atoms with E-state index >= 15 is 0 Å². The van der Waals surface area contributed by atoms with Gasteiger partial charge in [-0.15, -0.1) is 0 Å². The number of nitrogens with zero attached hydrogens (tertiary/aromatic N) is 1. The Labute approximate surface area is 114 Å². The molecule has 5 nitrogen and oxygen atoms in total. The Bertz CT molecular complexity index is 321. The fraction of sp³-hybridized carbons (Fsp3) is 0.857. The second kappa shape index (κ2) is 6.78. The van der Waals surface area contributed by atoms with Crippen molar-refractivity contribution in [1.82, 2.24) is 10.2 Å². The van der Waals surface area contributed by atoms with Gasteiger partial charge in [0.1, 0.15) is 6.04 Å². The van der Waals surface area contributed by atoms with E-state index < -0.39 is 12.0 Å². The van der Waals surface area contributed by atoms with E-state index in [2.05, 4.69) is 5.32 Å². The summed E-state index contributed by atoms with van der Waals surface area (Å²) in [5.74, 6) is -0.794. The molecule has 1 unspecified atom stereocenters. The standard InChI is InChI=1S/C14H24N2O3/c17-13(18)12(11-7-3-1-4-8-11)15-14(19)16-9-5-2-6-10-16/h11-12H,1-10H2,(H,15,19)(H,17,18). The SMILES string of the molecule is O=C(O)C(NC(=O)N1CCCCC1)C1CCCCC1. The molecule has 2 aliphatic rings. The first-order valence-electron chi connectivity index (χ1n) is 7.47. The van der Waals surface area contributed by atoms with Crippen molar-refractivity contribution in [1.29, 1.82) is 0 Å². The molecular formula is C14H24N2O3. The quantitative estimate of drug-likeness (QED) is 0.824. The number of rotatable bonds is 3. The van der Waals surface area contributed by atoms with Crippen molar-refractivity contribution in [3.63, 3.8) is 0 Å². The van der Waals surface area contributed by atoms with Gasteiger partial charge in [-0.1, -0.05) is 19.3 Å². The van der Waals surface area contributed by atoms with Gasteiger partial charge in [-0.25, -0.2) is 9.59 Å². The molecule has 108 valence electrons. The van der Waals surface area contributed by atoms with Crippen molar-refractivity contribution in [3.05, 3.63) is 0 Å². The lowest BCUT2D eigenvalue weighted by molar-refractivity contribution is -0.141. The summed E-state index contributed by atoms with van der Waals surface area (Å²) in [6.45, 7) is 1.51. The number of carboxylic acid groups (broad SMARTS) is 1. The number of urea groups is 1. The molecule has 1 saturated heterocycles. The van der Waals surface area contributed by atoms with Crippen LogP contribution in [0.4, 0.5) is 4.79 Å². The average molecular weight is 268 g/mol. The first kappa shape index (κ1) is 14.2. The molecule has 2 amide bonds. The first-order chi connectivity index (χ1) is 9.18. The van der Waals surface area contributed by atoms with E-state index in [0.29, 0.717) is 0 Å². The molecule has 1 aliphatic heterocycles. The van der Waals surface area contributed by atoms with Gasteiger partial charge < -0.3 is 15.3 Å². The number of nitrogens with one attached hydrogen (secondary N) is 1. The number of piperidine rings is 1. The molecule has 1 saturated carbocycles. The molecule has 1 aliphatic carbocycles. The van der Waals surface area contributed by atoms with E-state index in [1.165, 1.54) is 6.42 Å². The van der Waals surface area contributed by atoms with Crippen LogP contribution in [0.15, 0.2) is 0 Å². The van der Waals surface area contributed by atoms with E-state index in [4.69, 9.17) is 0 Å². The molecular weight excluding hydrogens is 244 g/mol. The van der Waals surface area contributed by atoms with E-state index in [9.17, 15) is 14.7 Å². The van der Waals surface area contributed by atoms with Crippen LogP contribution in [0.2, 0.25) is 0 Å². The van der Waals surface area contributed by atoms with Crippen LogP contribution >= 0.6 is 0 Å². The highest BCUT2D eigenvalue weighted by Crippen LogP contribution is 2.26. The number of aliphatic carboxylic acids is 1. The number of amides is 2. The van der Waals surface area contributed by atoms with Gasteiger partial charge in [0.15, 0.2) is 0 Å². The fourth-order valence-corrected chi connectivity index (χ4v) is 3.17. The number of hydrogen-bond acceptors (Lipinski definition) is 2. The maximum absolute atomic E-state index is 12.1. The Morgan fingerprint density at radius 2 is 1.58 bits per heavy atom. The molecule has 2 rings (SSSR count). The van der Waals surface area contributed by atoms with E-state index in [0.717, 1.165) is 58.0 Å². The second-order valence-electron chi connectivity index (χ2n) is 5.71. The van der Waals surface area contributed by atoms with Gasteiger partial charge in [-0.05, 0) is 38.0 Å². The lowest BCUT2D eigenvalue weighted by atomic mass is 9.84. The molecule has 2 N–H and O–H groups in total. The van der Waals surface area contributed by atoms with Gasteiger partial charge in [0.25, 0.3) is 0 Å². The highest BCUT2D eigenvalue weighted by atomic mass is 16.4. The largest absolute Gasteiger partial charge is 0.480 e. The van der Waals surface area contributed by atoms with Gasteiger partial charge in [0.05, 0.1) is 0 Å². The van der Waals surface area contributed by atoms with Gasteiger partial charge in [0, 0.05) is 13.1 Å². The molecule has 1 atom stereocenters. The molecule has 0 bridgehead atoms. The number of carboxylic acids is 1. The molecule has 0 aromatic heterocycles. The van der Waals surface area contributed by atoms with Crippen LogP contribution in [-0.4, -0.2) is 41.1 Å². The molecule has 1 heterocycles. The van der Waals surface area contributed by atoms with Crippen LogP contribution in [0.3, 0.4) is 0 Å². The van der Waals surface area contributed by atoms with Crippen LogP contribution < -0.4 is 5.32 Å². The zero-order chi connectivity index (χ0) is 13.7. The van der Waals surface area contributed by atoms with Crippen molar-refractivity contribution < 1.29 is 14.7 Å². The van der Waals surface area contributed by atoms with Gasteiger partial charge in [0.2, 0.25) is 0 Å². The first-order valence-corrected chi connectivity index (χ1v) is 7.47. The third kappa shape index (κ3) is 3.85. The van der Waals surface area contributed by atoms with Crippen LogP contribution in [0, 0.1) is 5.92 Å². The molecule has 19 heavy (non-hydrogen) atoms. The average Bonchev–Trinajstić information content (AvgIpc) is 2.46. The number of carbonyl (C=O) groups is 2. The zero-order valence-electron chi connectivity index (χ0n) is 11.4. The summed E-state index contributed by atoms with van der Waals surface area (Å²) < 4.78 is 0. The molecule has 0 radical (unpaired) electrons. The number of carbonyl (C=O) groups excluding carboxylic acids is 1. The van der Waals surface area contributed by atoms with Gasteiger partial charge in [-0.2, -0.15) is 0 Å². The van der Waals surface area contributed by atoms with Crippen molar-refractivity contribution >= 4 is 12.0 Å². The van der Waals surface area contributed by atoms with Crippen LogP contribution in [0.5, 0.6) is 0 Å². The van der Waals surface area contributed by atoms with Crippen LogP contribution in [-0.2, 0) is 4.79 Å². The molecule has 0 aromatic carbocycles. The van der Waals surface area contributed by atoms with Crippen molar-refractivity contribution in [2.75, 3.05) is 13.1 Å². The Hall–Kier alpha value is -1.26. The minimum atomic E-state index is -0.891. The number of likely N-dealkylation sites (tertiary alicyclic amines) is 1. The van der Waals surface area contributed by atoms with Crippen molar-refractivity contribution in [3.8, 4) is 0 Å². The zero-order valence-corrected chi connectivity index (χ0v) is 11.4. The smallest absolute Gasteiger partial charge is 0.326 e. The summed E-state index contributed by atoms with van der Waals surface area (Å²) in [7, 11) is 0. The summed E-state index contributed by atoms with van der Waals surface area (Å²) in [4.78, 5) is 25.2. The summed E-state index contributed by atoms with van der Waals surface area (Å²) in [5.41, 5.74) is 0. The third-order valence-corrected chi connectivity index (χ3v) is 4.31. The highest BCUT2D eigenvalue weighted by molar-refractivity contribution is 5.82. The van der Waals surface area contributed by atoms with Crippen LogP contribution in [0.25, 0.3) is 0 Å². The predicted octanol–water partition coefficient (Wildman–Crippen LogP) is 2.22. The topological polar surface area (TPSA) is 69.6 Å². The predicted molar refractivity (Wildman–Crippen MR) is 72.0 cm³/mol. The molecule has 0 spiro atoms. The Balaban J connectivity index is 1.91. The lowest BCUT2D eigenvalue weighted by Gasteiger charge is -2.32. The lowest BCUT2D eigenvalue weighted by Crippen LogP contribution is -2.52. The van der Waals surface area contributed by atoms with Gasteiger partial charge >= 0.3 is 12.0 Å². The van der Waals surface area contributed by atoms with Crippen molar-refractivity contribution in [2.24, 2.45) is 5.92 Å². The second-order valence-corrected chi connectivity index (χ2v) is 5.71. The Morgan fingerprint density at radius 3 is 2.16 bits per heavy atom. The van der Waals surface area contributed by atoms with Gasteiger partial charge in [-0.3, -0.25) is 0 Å². The maximum Gasteiger partial charge on any atom is 0.326 e. The summed E-state index contributed by atoms with van der Waals surface area (Å²) in [5, 5.41) is 12.1. The maximum atomic E-state index is 12.1. The summed E-state index contributed by atoms with van der Waals surface area (Å²) in [6.07, 6.45) is 8.37.